The Hall–Kier alpha value is -1.80. The quantitative estimate of drug-likeness (QED) is 0.239. The lowest BCUT2D eigenvalue weighted by atomic mass is 9.71. The van der Waals surface area contributed by atoms with Crippen molar-refractivity contribution in [1.82, 2.24) is 9.80 Å². The molecule has 0 aromatic rings. The molecule has 0 radical (unpaired) electrons. The van der Waals surface area contributed by atoms with Crippen LogP contribution in [0.1, 0.15) is 66.7 Å². The van der Waals surface area contributed by atoms with Crippen molar-refractivity contribution in [3.8, 4) is 0 Å². The van der Waals surface area contributed by atoms with Gasteiger partial charge in [0.25, 0.3) is 0 Å². The number of likely N-dealkylation sites (tertiary alicyclic amines) is 1. The predicted molar refractivity (Wildman–Crippen MR) is 143 cm³/mol. The van der Waals surface area contributed by atoms with E-state index in [0.717, 1.165) is 12.8 Å². The third kappa shape index (κ3) is 5.26. The van der Waals surface area contributed by atoms with Crippen molar-refractivity contribution in [2.45, 2.75) is 88.3 Å². The van der Waals surface area contributed by atoms with Crippen molar-refractivity contribution >= 4 is 29.5 Å². The summed E-state index contributed by atoms with van der Waals surface area (Å²) in [5, 5.41) is 9.52. The van der Waals surface area contributed by atoms with Gasteiger partial charge in [-0.25, -0.2) is 0 Å². The highest BCUT2D eigenvalue weighted by Gasteiger charge is 2.74. The number of esters is 1. The Morgan fingerprint density at radius 3 is 2.53 bits per heavy atom. The Kier molecular flexibility index (Phi) is 8.71. The molecule has 3 aliphatic rings. The summed E-state index contributed by atoms with van der Waals surface area (Å²) in [5.74, 6) is -1.73. The molecule has 5 atom stereocenters. The Labute approximate surface area is 220 Å². The van der Waals surface area contributed by atoms with Crippen LogP contribution in [0, 0.1) is 17.3 Å². The lowest BCUT2D eigenvalue weighted by Crippen LogP contribution is -2.60. The first kappa shape index (κ1) is 28.8. The van der Waals surface area contributed by atoms with E-state index in [2.05, 4.69) is 47.8 Å². The van der Waals surface area contributed by atoms with Crippen LogP contribution in [0.15, 0.2) is 25.3 Å². The largest absolute Gasteiger partial charge is 0.465 e. The van der Waals surface area contributed by atoms with Gasteiger partial charge >= 0.3 is 5.97 Å². The van der Waals surface area contributed by atoms with Gasteiger partial charge in [-0.15, -0.1) is 24.9 Å². The number of carbonyl (C=O) groups excluding carboxylic acids is 3. The Morgan fingerprint density at radius 2 is 1.94 bits per heavy atom. The molecule has 0 aliphatic carbocycles. The van der Waals surface area contributed by atoms with E-state index in [9.17, 15) is 19.5 Å². The minimum atomic E-state index is -0.679. The molecule has 2 amide bonds. The van der Waals surface area contributed by atoms with Crippen LogP contribution in [-0.4, -0.2) is 80.6 Å². The maximum Gasteiger partial charge on any atom is 0.310 e. The minimum absolute atomic E-state index is 0.00700. The van der Waals surface area contributed by atoms with Crippen LogP contribution in [0.5, 0.6) is 0 Å². The number of aliphatic hydroxyl groups excluding tert-OH is 1. The lowest BCUT2D eigenvalue weighted by molar-refractivity contribution is -0.154. The number of hydrogen-bond donors (Lipinski definition) is 1. The topological polar surface area (TPSA) is 87.1 Å². The third-order valence-electron chi connectivity index (χ3n) is 7.70. The van der Waals surface area contributed by atoms with Gasteiger partial charge in [0, 0.05) is 30.5 Å². The molecule has 3 aliphatic heterocycles. The average Bonchev–Trinajstić information content (AvgIpc) is 3.41. The summed E-state index contributed by atoms with van der Waals surface area (Å²) in [6.07, 6.45) is 6.65. The Bertz CT molecular complexity index is 882. The molecule has 3 heterocycles. The number of rotatable bonds is 12. The molecular formula is C28H44N2O5S. The zero-order valence-electron chi connectivity index (χ0n) is 22.6. The highest BCUT2D eigenvalue weighted by Crippen LogP contribution is 2.66. The van der Waals surface area contributed by atoms with Crippen LogP contribution in [0.2, 0.25) is 0 Å². The number of nitrogens with zero attached hydrogens (tertiary/aromatic N) is 2. The van der Waals surface area contributed by atoms with Crippen LogP contribution in [-0.2, 0) is 19.1 Å². The molecule has 3 fully saturated rings. The fourth-order valence-corrected chi connectivity index (χ4v) is 9.03. The molecule has 36 heavy (non-hydrogen) atoms. The maximum absolute atomic E-state index is 14.5. The Balaban J connectivity index is 2.01. The average molecular weight is 521 g/mol. The summed E-state index contributed by atoms with van der Waals surface area (Å²) in [6, 6.07) is -0.679. The molecule has 7 nitrogen and oxygen atoms in total. The van der Waals surface area contributed by atoms with E-state index in [1.54, 1.807) is 28.8 Å². The van der Waals surface area contributed by atoms with E-state index < -0.39 is 28.2 Å². The molecule has 3 rings (SSSR count). The molecule has 2 unspecified atom stereocenters. The molecular weight excluding hydrogens is 476 g/mol. The summed E-state index contributed by atoms with van der Waals surface area (Å²) in [5.41, 5.74) is -0.471. The van der Waals surface area contributed by atoms with E-state index >= 15 is 0 Å². The first-order chi connectivity index (χ1) is 16.8. The predicted octanol–water partition coefficient (Wildman–Crippen LogP) is 3.81. The summed E-state index contributed by atoms with van der Waals surface area (Å²) in [7, 11) is 0. The zero-order chi connectivity index (χ0) is 26.9. The molecule has 0 aromatic heterocycles. The van der Waals surface area contributed by atoms with Crippen LogP contribution >= 0.6 is 11.8 Å². The van der Waals surface area contributed by atoms with Gasteiger partial charge in [0.05, 0.1) is 23.2 Å². The molecule has 2 bridgehead atoms. The van der Waals surface area contributed by atoms with Crippen LogP contribution in [0.4, 0.5) is 0 Å². The lowest BCUT2D eigenvalue weighted by Gasteiger charge is -2.46. The van der Waals surface area contributed by atoms with Gasteiger partial charge < -0.3 is 19.6 Å². The van der Waals surface area contributed by atoms with E-state index in [0.29, 0.717) is 25.8 Å². The highest BCUT2D eigenvalue weighted by atomic mass is 32.2. The second-order valence-corrected chi connectivity index (χ2v) is 13.8. The SMILES string of the molecule is C=CCCOC(=O)[C@@H]1[C@H]2C(=O)N(CCCO)C(C(=O)N(CC=C)C(C)(C)CC(C)(C)C)C23CC[C@H]1S3. The van der Waals surface area contributed by atoms with E-state index in [4.69, 9.17) is 4.74 Å². The molecule has 1 N–H and O–H groups in total. The van der Waals surface area contributed by atoms with Gasteiger partial charge in [0.15, 0.2) is 0 Å². The number of hydrogen-bond acceptors (Lipinski definition) is 6. The first-order valence-electron chi connectivity index (χ1n) is 13.1. The fourth-order valence-electron chi connectivity index (χ4n) is 6.83. The van der Waals surface area contributed by atoms with Crippen molar-refractivity contribution in [1.29, 1.82) is 0 Å². The summed E-state index contributed by atoms with van der Waals surface area (Å²) < 4.78 is 4.88. The van der Waals surface area contributed by atoms with Crippen LogP contribution in [0.3, 0.4) is 0 Å². The number of carbonyl (C=O) groups is 3. The highest BCUT2D eigenvalue weighted by molar-refractivity contribution is 8.02. The normalized spacial score (nSPS) is 29.3. The van der Waals surface area contributed by atoms with E-state index in [-0.39, 0.29) is 48.2 Å². The molecule has 0 aromatic carbocycles. The second kappa shape index (κ2) is 10.9. The minimum Gasteiger partial charge on any atom is -0.465 e. The van der Waals surface area contributed by atoms with Crippen molar-refractivity contribution in [3.63, 3.8) is 0 Å². The fraction of sp³-hybridized carbons (Fsp3) is 0.750. The van der Waals surface area contributed by atoms with Gasteiger partial charge in [0.1, 0.15) is 6.04 Å². The van der Waals surface area contributed by atoms with Gasteiger partial charge in [-0.2, -0.15) is 0 Å². The van der Waals surface area contributed by atoms with Gasteiger partial charge in [-0.1, -0.05) is 32.9 Å². The van der Waals surface area contributed by atoms with Crippen LogP contribution < -0.4 is 0 Å². The summed E-state index contributed by atoms with van der Waals surface area (Å²) in [4.78, 5) is 45.1. The Morgan fingerprint density at radius 1 is 1.25 bits per heavy atom. The molecule has 202 valence electrons. The van der Waals surface area contributed by atoms with Gasteiger partial charge in [-0.3, -0.25) is 14.4 Å². The molecule has 1 spiro atoms. The second-order valence-electron chi connectivity index (χ2n) is 12.2. The standard InChI is InChI=1S/C28H44N2O5S/c1-8-10-17-35-25(34)20-19-12-13-28(36-19)21(20)23(32)29(15-11-16-31)22(28)24(33)30(14-9-2)27(6,7)18-26(3,4)5/h8-9,19-22,31H,1-2,10-18H2,3-7H3/t19-,20+,21+,22?,28?/m1/s1. The maximum atomic E-state index is 14.5. The molecule has 3 saturated heterocycles. The number of fused-ring (bicyclic) bond motifs is 1. The summed E-state index contributed by atoms with van der Waals surface area (Å²) >= 11 is 1.64. The smallest absolute Gasteiger partial charge is 0.310 e. The number of aliphatic hydroxyl groups is 1. The van der Waals surface area contributed by atoms with E-state index in [1.807, 2.05) is 4.90 Å². The van der Waals surface area contributed by atoms with Crippen molar-refractivity contribution in [2.24, 2.45) is 17.3 Å². The van der Waals surface area contributed by atoms with E-state index in [1.165, 1.54) is 0 Å². The van der Waals surface area contributed by atoms with Crippen molar-refractivity contribution < 1.29 is 24.2 Å². The third-order valence-corrected chi connectivity index (χ3v) is 9.65. The number of amides is 2. The van der Waals surface area contributed by atoms with Gasteiger partial charge in [-0.05, 0) is 51.4 Å². The monoisotopic (exact) mass is 520 g/mol. The van der Waals surface area contributed by atoms with Gasteiger partial charge in [0.2, 0.25) is 11.8 Å². The molecule has 0 saturated carbocycles. The van der Waals surface area contributed by atoms with Crippen molar-refractivity contribution in [3.05, 3.63) is 25.3 Å². The number of ether oxygens (including phenoxy) is 1. The summed E-state index contributed by atoms with van der Waals surface area (Å²) in [6.45, 7) is 19.0. The number of thioether (sulfide) groups is 1. The van der Waals surface area contributed by atoms with Crippen LogP contribution in [0.25, 0.3) is 0 Å². The first-order valence-corrected chi connectivity index (χ1v) is 14.0. The molecule has 8 heteroatoms. The zero-order valence-corrected chi connectivity index (χ0v) is 23.4. The van der Waals surface area contributed by atoms with Crippen molar-refractivity contribution in [2.75, 3.05) is 26.3 Å².